The molecule has 1 aromatic heterocycles. The van der Waals surface area contributed by atoms with Gasteiger partial charge in [0.2, 0.25) is 5.43 Å². The lowest BCUT2D eigenvalue weighted by molar-refractivity contribution is 0.0937. The second-order valence-corrected chi connectivity index (χ2v) is 7.46. The van der Waals surface area contributed by atoms with Crippen LogP contribution in [0.3, 0.4) is 0 Å². The van der Waals surface area contributed by atoms with E-state index in [1.807, 2.05) is 48.5 Å². The lowest BCUT2D eigenvalue weighted by atomic mass is 9.88. The second kappa shape index (κ2) is 8.58. The van der Waals surface area contributed by atoms with Gasteiger partial charge in [-0.1, -0.05) is 42.5 Å². The second-order valence-electron chi connectivity index (χ2n) is 7.46. The standard InChI is InChI=1S/C24H23N3O5/c1-25-23(30)18-12-27(20(24(31)26-2)22(29)21(18)28)11-17-15-8-4-3-7-14(15)13-32-19-10-6-5-9-16(17)19/h3-10,12,17,29H,11,13H2,1-2H3,(H,25,30)(H,26,31). The fraction of sp³-hybridized carbons (Fsp3) is 0.208. The number of para-hydroxylation sites is 1. The number of carbonyl (C=O) groups excluding carboxylic acids is 2. The minimum Gasteiger partial charge on any atom is -0.503 e. The van der Waals surface area contributed by atoms with Crippen LogP contribution in [0.25, 0.3) is 0 Å². The van der Waals surface area contributed by atoms with Crippen LogP contribution in [0.1, 0.15) is 43.5 Å². The summed E-state index contributed by atoms with van der Waals surface area (Å²) in [7, 11) is 2.80. The zero-order valence-corrected chi connectivity index (χ0v) is 17.7. The Morgan fingerprint density at radius 3 is 2.41 bits per heavy atom. The number of hydrogen-bond donors (Lipinski definition) is 3. The van der Waals surface area contributed by atoms with E-state index in [-0.39, 0.29) is 23.7 Å². The molecular formula is C24H23N3O5. The average Bonchev–Trinajstić information content (AvgIpc) is 2.98. The third-order valence-electron chi connectivity index (χ3n) is 5.66. The predicted molar refractivity (Wildman–Crippen MR) is 118 cm³/mol. The Morgan fingerprint density at radius 1 is 1.03 bits per heavy atom. The smallest absolute Gasteiger partial charge is 0.271 e. The normalized spacial score (nSPS) is 14.4. The topological polar surface area (TPSA) is 110 Å². The lowest BCUT2D eigenvalue weighted by Crippen LogP contribution is -2.32. The molecule has 3 aromatic rings. The van der Waals surface area contributed by atoms with Gasteiger partial charge in [-0.05, 0) is 17.2 Å². The Morgan fingerprint density at radius 2 is 1.69 bits per heavy atom. The van der Waals surface area contributed by atoms with Crippen LogP contribution in [0.5, 0.6) is 11.5 Å². The van der Waals surface area contributed by atoms with Crippen molar-refractivity contribution in [2.75, 3.05) is 14.1 Å². The molecule has 4 rings (SSSR count). The van der Waals surface area contributed by atoms with E-state index in [9.17, 15) is 19.5 Å². The first-order valence-corrected chi connectivity index (χ1v) is 10.2. The zero-order valence-electron chi connectivity index (χ0n) is 17.7. The highest BCUT2D eigenvalue weighted by Crippen LogP contribution is 2.38. The van der Waals surface area contributed by atoms with Crippen molar-refractivity contribution in [2.45, 2.75) is 19.1 Å². The molecule has 0 bridgehead atoms. The number of aromatic hydroxyl groups is 1. The summed E-state index contributed by atoms with van der Waals surface area (Å²) in [5, 5.41) is 15.4. The number of aromatic nitrogens is 1. The Bertz CT molecular complexity index is 1220. The van der Waals surface area contributed by atoms with E-state index in [2.05, 4.69) is 10.6 Å². The van der Waals surface area contributed by atoms with Gasteiger partial charge < -0.3 is 25.0 Å². The summed E-state index contributed by atoms with van der Waals surface area (Å²) in [6.07, 6.45) is 1.32. The maximum Gasteiger partial charge on any atom is 0.271 e. The van der Waals surface area contributed by atoms with Gasteiger partial charge >= 0.3 is 0 Å². The number of pyridine rings is 1. The number of ether oxygens (including phenoxy) is 1. The molecule has 0 saturated heterocycles. The van der Waals surface area contributed by atoms with Gasteiger partial charge in [-0.15, -0.1) is 0 Å². The molecule has 2 aromatic carbocycles. The summed E-state index contributed by atoms with van der Waals surface area (Å²) < 4.78 is 7.47. The van der Waals surface area contributed by atoms with Crippen LogP contribution in [-0.4, -0.2) is 35.6 Å². The van der Waals surface area contributed by atoms with Crippen molar-refractivity contribution in [3.8, 4) is 11.5 Å². The van der Waals surface area contributed by atoms with Crippen LogP contribution in [0.4, 0.5) is 0 Å². The summed E-state index contributed by atoms with van der Waals surface area (Å²) in [6.45, 7) is 0.586. The number of fused-ring (bicyclic) bond motifs is 2. The Kier molecular flexibility index (Phi) is 5.68. The Balaban J connectivity index is 1.94. The highest BCUT2D eigenvalue weighted by molar-refractivity contribution is 5.98. The van der Waals surface area contributed by atoms with E-state index in [1.54, 1.807) is 0 Å². The van der Waals surface area contributed by atoms with E-state index < -0.39 is 23.0 Å². The maximum atomic E-state index is 12.6. The number of nitrogens with one attached hydrogen (secondary N) is 2. The van der Waals surface area contributed by atoms with Crippen molar-refractivity contribution in [2.24, 2.45) is 0 Å². The number of amides is 2. The molecule has 0 aliphatic carbocycles. The van der Waals surface area contributed by atoms with Crippen molar-refractivity contribution in [3.05, 3.63) is 92.9 Å². The number of hydrogen-bond acceptors (Lipinski definition) is 5. The molecule has 0 spiro atoms. The molecule has 164 valence electrons. The lowest BCUT2D eigenvalue weighted by Gasteiger charge is -2.23. The quantitative estimate of drug-likeness (QED) is 0.583. The summed E-state index contributed by atoms with van der Waals surface area (Å²) in [4.78, 5) is 37.5. The van der Waals surface area contributed by atoms with Gasteiger partial charge in [0.1, 0.15) is 17.9 Å². The predicted octanol–water partition coefficient (Wildman–Crippen LogP) is 2.00. The molecule has 0 radical (unpaired) electrons. The molecular weight excluding hydrogens is 410 g/mol. The Labute approximate surface area is 184 Å². The molecule has 1 aliphatic rings. The molecule has 3 N–H and O–H groups in total. The van der Waals surface area contributed by atoms with E-state index >= 15 is 0 Å². The van der Waals surface area contributed by atoms with Crippen LogP contribution in [-0.2, 0) is 13.2 Å². The first-order valence-electron chi connectivity index (χ1n) is 10.2. The van der Waals surface area contributed by atoms with Crippen LogP contribution in [0.2, 0.25) is 0 Å². The maximum absolute atomic E-state index is 12.6. The number of benzene rings is 2. The van der Waals surface area contributed by atoms with Crippen LogP contribution in [0.15, 0.2) is 59.5 Å². The van der Waals surface area contributed by atoms with Gasteiger partial charge in [-0.25, -0.2) is 0 Å². The minimum absolute atomic E-state index is 0.192. The number of carbonyl (C=O) groups is 2. The van der Waals surface area contributed by atoms with Crippen molar-refractivity contribution >= 4 is 11.8 Å². The van der Waals surface area contributed by atoms with Crippen LogP contribution >= 0.6 is 0 Å². The summed E-state index contributed by atoms with van der Waals surface area (Å²) in [6, 6.07) is 15.5. The van der Waals surface area contributed by atoms with E-state index in [0.29, 0.717) is 12.4 Å². The minimum atomic E-state index is -0.899. The Hall–Kier alpha value is -4.07. The molecule has 2 heterocycles. The summed E-state index contributed by atoms with van der Waals surface area (Å²) >= 11 is 0. The zero-order chi connectivity index (χ0) is 22.8. The molecule has 8 heteroatoms. The highest BCUT2D eigenvalue weighted by atomic mass is 16.5. The van der Waals surface area contributed by atoms with Gasteiger partial charge in [0, 0.05) is 38.3 Å². The third kappa shape index (κ3) is 3.60. The van der Waals surface area contributed by atoms with Crippen LogP contribution in [0, 0.1) is 0 Å². The van der Waals surface area contributed by atoms with Gasteiger partial charge in [0.15, 0.2) is 11.4 Å². The SMILES string of the molecule is CNC(=O)c1cn(CC2c3ccccc3COc3ccccc32)c(C(=O)NC)c(O)c1=O. The number of rotatable bonds is 4. The third-order valence-corrected chi connectivity index (χ3v) is 5.66. The number of nitrogens with zero attached hydrogens (tertiary/aromatic N) is 1. The fourth-order valence-corrected chi connectivity index (χ4v) is 4.07. The molecule has 1 atom stereocenters. The monoisotopic (exact) mass is 433 g/mol. The van der Waals surface area contributed by atoms with E-state index in [0.717, 1.165) is 16.7 Å². The molecule has 1 aliphatic heterocycles. The van der Waals surface area contributed by atoms with Crippen LogP contribution < -0.4 is 20.8 Å². The van der Waals surface area contributed by atoms with E-state index in [4.69, 9.17) is 4.74 Å². The van der Waals surface area contributed by atoms with Gasteiger partial charge in [-0.3, -0.25) is 14.4 Å². The van der Waals surface area contributed by atoms with Gasteiger partial charge in [-0.2, -0.15) is 0 Å². The fourth-order valence-electron chi connectivity index (χ4n) is 4.07. The van der Waals surface area contributed by atoms with Crippen molar-refractivity contribution in [3.63, 3.8) is 0 Å². The first-order chi connectivity index (χ1) is 15.5. The molecule has 32 heavy (non-hydrogen) atoms. The molecule has 8 nitrogen and oxygen atoms in total. The average molecular weight is 433 g/mol. The molecule has 0 saturated carbocycles. The first kappa shape index (κ1) is 21.2. The summed E-state index contributed by atoms with van der Waals surface area (Å²) in [5.74, 6) is -1.58. The molecule has 0 fully saturated rings. The van der Waals surface area contributed by atoms with Crippen molar-refractivity contribution in [1.29, 1.82) is 0 Å². The largest absolute Gasteiger partial charge is 0.503 e. The van der Waals surface area contributed by atoms with Crippen molar-refractivity contribution < 1.29 is 19.4 Å². The van der Waals surface area contributed by atoms with Gasteiger partial charge in [0.05, 0.1) is 0 Å². The summed E-state index contributed by atoms with van der Waals surface area (Å²) in [5.41, 5.74) is 1.55. The van der Waals surface area contributed by atoms with Gasteiger partial charge in [0.25, 0.3) is 11.8 Å². The molecule has 2 amide bonds. The highest BCUT2D eigenvalue weighted by Gasteiger charge is 2.29. The molecule has 1 unspecified atom stereocenters. The van der Waals surface area contributed by atoms with Crippen molar-refractivity contribution in [1.82, 2.24) is 15.2 Å². The van der Waals surface area contributed by atoms with E-state index in [1.165, 1.54) is 24.9 Å².